The maximum absolute atomic E-state index is 11.0. The van der Waals surface area contributed by atoms with E-state index < -0.39 is 29.5 Å². The van der Waals surface area contributed by atoms with E-state index in [1.54, 1.807) is 0 Å². The molecule has 0 saturated carbocycles. The minimum atomic E-state index is -1.54. The largest absolute Gasteiger partial charge is 0.549 e. The van der Waals surface area contributed by atoms with Crippen LogP contribution < -0.4 is 15.9 Å². The second-order valence-electron chi connectivity index (χ2n) is 3.76. The van der Waals surface area contributed by atoms with Gasteiger partial charge >= 0.3 is 0 Å². The molecule has 1 atom stereocenters. The lowest BCUT2D eigenvalue weighted by Crippen LogP contribution is -2.70. The molecule has 16 heavy (non-hydrogen) atoms. The lowest BCUT2D eigenvalue weighted by atomic mass is 9.78. The highest BCUT2D eigenvalue weighted by Gasteiger charge is 2.32. The predicted molar refractivity (Wildman–Crippen MR) is 48.0 cm³/mol. The summed E-state index contributed by atoms with van der Waals surface area (Å²) in [4.78, 5) is 21.5. The van der Waals surface area contributed by atoms with E-state index in [1.807, 2.05) is 0 Å². The molecule has 4 N–H and O–H groups in total. The first kappa shape index (κ1) is 12.4. The first-order chi connectivity index (χ1) is 7.37. The fourth-order valence-corrected chi connectivity index (χ4v) is 1.51. The van der Waals surface area contributed by atoms with Crippen molar-refractivity contribution in [3.8, 4) is 0 Å². The Hall–Kier alpha value is -1.66. The number of aliphatic carboxylic acids is 2. The van der Waals surface area contributed by atoms with Gasteiger partial charge in [0.25, 0.3) is 0 Å². The van der Waals surface area contributed by atoms with Crippen LogP contribution in [0.5, 0.6) is 0 Å². The number of rotatable bonds is 4. The Labute approximate surface area is 91.7 Å². The van der Waals surface area contributed by atoms with Gasteiger partial charge in [0, 0.05) is 6.42 Å². The number of carbonyl (C=O) groups is 2. The Bertz CT molecular complexity index is 346. The van der Waals surface area contributed by atoms with Crippen molar-refractivity contribution in [3.05, 3.63) is 24.3 Å². The maximum Gasteiger partial charge on any atom is 0.126 e. The van der Waals surface area contributed by atoms with Crippen molar-refractivity contribution in [3.63, 3.8) is 0 Å². The second-order valence-corrected chi connectivity index (χ2v) is 3.76. The van der Waals surface area contributed by atoms with E-state index in [2.05, 4.69) is 5.73 Å². The Morgan fingerprint density at radius 3 is 2.25 bits per heavy atom. The summed E-state index contributed by atoms with van der Waals surface area (Å²) in [6.45, 7) is 0. The van der Waals surface area contributed by atoms with Crippen LogP contribution >= 0.6 is 0 Å². The van der Waals surface area contributed by atoms with Gasteiger partial charge in [-0.1, -0.05) is 24.3 Å². The molecule has 6 nitrogen and oxygen atoms in total. The molecular weight excluding hydrogens is 214 g/mol. The molecule has 0 bridgehead atoms. The van der Waals surface area contributed by atoms with Crippen LogP contribution in [0.1, 0.15) is 6.42 Å². The molecule has 6 heteroatoms. The molecule has 0 amide bonds. The van der Waals surface area contributed by atoms with Crippen LogP contribution in [-0.2, 0) is 9.59 Å². The zero-order valence-corrected chi connectivity index (χ0v) is 8.46. The summed E-state index contributed by atoms with van der Waals surface area (Å²) in [6.07, 6.45) is 3.83. The molecule has 1 aliphatic carbocycles. The van der Waals surface area contributed by atoms with Crippen molar-refractivity contribution in [1.82, 2.24) is 0 Å². The minimum Gasteiger partial charge on any atom is -0.549 e. The average molecular weight is 226 g/mol. The second kappa shape index (κ2) is 4.46. The van der Waals surface area contributed by atoms with E-state index in [-0.39, 0.29) is 6.42 Å². The molecule has 0 aromatic rings. The monoisotopic (exact) mass is 226 g/mol. The number of carbonyl (C=O) groups excluding carboxylic acids is 2. The summed E-state index contributed by atoms with van der Waals surface area (Å²) in [5.41, 5.74) is 1.76. The molecule has 0 aliphatic heterocycles. The summed E-state index contributed by atoms with van der Waals surface area (Å²) in [6, 6.07) is -1.16. The van der Waals surface area contributed by atoms with Gasteiger partial charge in [-0.15, -0.1) is 0 Å². The molecule has 0 radical (unpaired) electrons. The summed E-state index contributed by atoms with van der Waals surface area (Å²) < 4.78 is 0. The van der Waals surface area contributed by atoms with Gasteiger partial charge in [-0.2, -0.15) is 0 Å². The number of carboxylic acids is 2. The highest BCUT2D eigenvalue weighted by Crippen LogP contribution is 2.29. The summed E-state index contributed by atoms with van der Waals surface area (Å²) >= 11 is 0. The van der Waals surface area contributed by atoms with Crippen LogP contribution in [0.4, 0.5) is 0 Å². The van der Waals surface area contributed by atoms with Crippen molar-refractivity contribution < 1.29 is 30.6 Å². The van der Waals surface area contributed by atoms with Crippen molar-refractivity contribution >= 4 is 11.9 Å². The predicted octanol–water partition coefficient (Wildman–Crippen LogP) is -4.04. The van der Waals surface area contributed by atoms with Crippen LogP contribution in [0.25, 0.3) is 0 Å². The zero-order chi connectivity index (χ0) is 12.3. The molecule has 1 rings (SSSR count). The summed E-state index contributed by atoms with van der Waals surface area (Å²) in [5, 5.41) is 30.7. The van der Waals surface area contributed by atoms with Crippen molar-refractivity contribution in [2.75, 3.05) is 0 Å². The molecule has 0 fully saturated rings. The third-order valence-electron chi connectivity index (χ3n) is 2.48. The van der Waals surface area contributed by atoms with Crippen LogP contribution in [0, 0.1) is 5.41 Å². The van der Waals surface area contributed by atoms with E-state index in [1.165, 1.54) is 24.3 Å². The van der Waals surface area contributed by atoms with E-state index in [0.717, 1.165) is 0 Å². The Kier molecular flexibility index (Phi) is 3.46. The van der Waals surface area contributed by atoms with Crippen molar-refractivity contribution in [2.24, 2.45) is 5.41 Å². The third kappa shape index (κ3) is 2.47. The molecule has 0 heterocycles. The van der Waals surface area contributed by atoms with Gasteiger partial charge < -0.3 is 30.6 Å². The molecule has 0 unspecified atom stereocenters. The maximum atomic E-state index is 11.0. The van der Waals surface area contributed by atoms with E-state index in [0.29, 0.717) is 0 Å². The third-order valence-corrected chi connectivity index (χ3v) is 2.48. The molecule has 1 aliphatic rings. The van der Waals surface area contributed by atoms with Gasteiger partial charge in [-0.3, -0.25) is 0 Å². The summed E-state index contributed by atoms with van der Waals surface area (Å²) in [7, 11) is 0. The SMILES string of the molecule is [NH3+][C@@H](CC1(C(=O)[O-])C=CC(O)C=C1)C(=O)[O-]. The van der Waals surface area contributed by atoms with Crippen LogP contribution in [-0.4, -0.2) is 29.2 Å². The van der Waals surface area contributed by atoms with Gasteiger partial charge in [-0.25, -0.2) is 0 Å². The van der Waals surface area contributed by atoms with Crippen LogP contribution in [0.3, 0.4) is 0 Å². The van der Waals surface area contributed by atoms with E-state index in [4.69, 9.17) is 5.11 Å². The fourth-order valence-electron chi connectivity index (χ4n) is 1.51. The van der Waals surface area contributed by atoms with Gasteiger partial charge in [0.05, 0.1) is 23.5 Å². The topological polar surface area (TPSA) is 128 Å². The van der Waals surface area contributed by atoms with Crippen LogP contribution in [0.2, 0.25) is 0 Å². The zero-order valence-electron chi connectivity index (χ0n) is 8.46. The number of hydrogen-bond acceptors (Lipinski definition) is 5. The van der Waals surface area contributed by atoms with E-state index in [9.17, 15) is 19.8 Å². The Morgan fingerprint density at radius 2 is 1.88 bits per heavy atom. The summed E-state index contributed by atoms with van der Waals surface area (Å²) in [5.74, 6) is -2.85. The lowest BCUT2D eigenvalue weighted by molar-refractivity contribution is -0.441. The standard InChI is InChI=1S/C10H13NO5/c11-7(8(13)14)5-10(9(15)16)3-1-6(12)2-4-10/h1-4,6-7,12H,5,11H2,(H,13,14)(H,15,16)/p-1/t6?,7-,10?/m0/s1. The van der Waals surface area contributed by atoms with Gasteiger partial charge in [0.1, 0.15) is 6.04 Å². The van der Waals surface area contributed by atoms with Gasteiger partial charge in [0.15, 0.2) is 0 Å². The number of aliphatic hydroxyl groups is 1. The number of aliphatic hydroxyl groups excluding tert-OH is 1. The normalized spacial score (nSPS) is 30.0. The molecule has 88 valence electrons. The smallest absolute Gasteiger partial charge is 0.126 e. The highest BCUT2D eigenvalue weighted by atomic mass is 16.4. The molecular formula is C10H12NO5-. The Morgan fingerprint density at radius 1 is 1.38 bits per heavy atom. The molecule has 0 aromatic heterocycles. The van der Waals surface area contributed by atoms with Gasteiger partial charge in [-0.05, 0) is 0 Å². The molecule has 0 saturated heterocycles. The first-order valence-corrected chi connectivity index (χ1v) is 4.69. The lowest BCUT2D eigenvalue weighted by Gasteiger charge is -2.32. The highest BCUT2D eigenvalue weighted by molar-refractivity contribution is 5.80. The van der Waals surface area contributed by atoms with Gasteiger partial charge in [0.2, 0.25) is 0 Å². The number of carboxylic acid groups (broad SMARTS) is 2. The Balaban J connectivity index is 2.92. The number of quaternary nitrogens is 1. The quantitative estimate of drug-likeness (QED) is 0.471. The number of hydrogen-bond donors (Lipinski definition) is 2. The fraction of sp³-hybridized carbons (Fsp3) is 0.400. The average Bonchev–Trinajstić information content (AvgIpc) is 2.21. The van der Waals surface area contributed by atoms with E-state index >= 15 is 0 Å². The first-order valence-electron chi connectivity index (χ1n) is 4.69. The van der Waals surface area contributed by atoms with Crippen LogP contribution in [0.15, 0.2) is 24.3 Å². The van der Waals surface area contributed by atoms with Crippen molar-refractivity contribution in [2.45, 2.75) is 18.6 Å². The molecule has 0 spiro atoms. The van der Waals surface area contributed by atoms with Crippen molar-refractivity contribution in [1.29, 1.82) is 0 Å². The minimum absolute atomic E-state index is 0.266. The molecule has 0 aromatic carbocycles.